The van der Waals surface area contributed by atoms with E-state index < -0.39 is 5.97 Å². The minimum absolute atomic E-state index is 0.0876. The van der Waals surface area contributed by atoms with Crippen molar-refractivity contribution >= 4 is 11.8 Å². The molecule has 1 saturated carbocycles. The molecular weight excluding hydrogens is 230 g/mol. The third-order valence-corrected chi connectivity index (χ3v) is 4.19. The van der Waals surface area contributed by atoms with E-state index in [1.54, 1.807) is 10.8 Å². The quantitative estimate of drug-likeness (QED) is 0.816. The van der Waals surface area contributed by atoms with Gasteiger partial charge >= 0.3 is 5.97 Å². The molecule has 1 aliphatic rings. The van der Waals surface area contributed by atoms with Crippen molar-refractivity contribution in [1.29, 1.82) is 0 Å². The molecule has 1 heterocycles. The topological polar surface area (TPSA) is 59.3 Å². The van der Waals surface area contributed by atoms with Crippen molar-refractivity contribution in [2.24, 2.45) is 5.41 Å². The number of Topliss-reactive ketones (excluding diaryl/α,β-unsaturated/α-hetero) is 1. The molecule has 0 amide bonds. The Morgan fingerprint density at radius 1 is 1.44 bits per heavy atom. The minimum Gasteiger partial charge on any atom is -0.477 e. The van der Waals surface area contributed by atoms with E-state index in [4.69, 9.17) is 0 Å². The normalized spacial score (nSPS) is 17.2. The van der Waals surface area contributed by atoms with E-state index in [-0.39, 0.29) is 16.9 Å². The first kappa shape index (κ1) is 12.9. The number of carboxylic acid groups (broad SMARTS) is 1. The van der Waals surface area contributed by atoms with Crippen LogP contribution in [0.15, 0.2) is 12.3 Å². The van der Waals surface area contributed by atoms with Crippen LogP contribution in [0.3, 0.4) is 0 Å². The Labute approximate surface area is 107 Å². The molecule has 0 radical (unpaired) electrons. The fourth-order valence-corrected chi connectivity index (χ4v) is 2.67. The SMILES string of the molecule is CCC1(Cn2cc(C(C)=O)cc2C(=O)O)CCC1. The zero-order chi connectivity index (χ0) is 13.3. The van der Waals surface area contributed by atoms with Crippen LogP contribution in [0.2, 0.25) is 0 Å². The molecule has 4 heteroatoms. The third-order valence-electron chi connectivity index (χ3n) is 4.19. The Morgan fingerprint density at radius 3 is 2.50 bits per heavy atom. The van der Waals surface area contributed by atoms with Gasteiger partial charge in [0.25, 0.3) is 0 Å². The molecule has 98 valence electrons. The summed E-state index contributed by atoms with van der Waals surface area (Å²) in [6.45, 7) is 4.32. The molecule has 2 rings (SSSR count). The minimum atomic E-state index is -0.965. The number of aromatic carboxylic acids is 1. The van der Waals surface area contributed by atoms with E-state index >= 15 is 0 Å². The molecule has 1 aliphatic carbocycles. The summed E-state index contributed by atoms with van der Waals surface area (Å²) < 4.78 is 1.74. The number of hydrogen-bond acceptors (Lipinski definition) is 2. The van der Waals surface area contributed by atoms with Crippen molar-refractivity contribution in [3.05, 3.63) is 23.5 Å². The number of hydrogen-bond donors (Lipinski definition) is 1. The number of carbonyl (C=O) groups excluding carboxylic acids is 1. The lowest BCUT2D eigenvalue weighted by molar-refractivity contribution is 0.0661. The Hall–Kier alpha value is -1.58. The summed E-state index contributed by atoms with van der Waals surface area (Å²) in [5, 5.41) is 9.19. The van der Waals surface area contributed by atoms with Crippen molar-refractivity contribution in [2.45, 2.75) is 46.1 Å². The molecule has 0 aliphatic heterocycles. The van der Waals surface area contributed by atoms with Gasteiger partial charge in [-0.2, -0.15) is 0 Å². The van der Waals surface area contributed by atoms with E-state index in [0.29, 0.717) is 12.1 Å². The maximum Gasteiger partial charge on any atom is 0.352 e. The molecule has 1 aromatic rings. The predicted molar refractivity (Wildman–Crippen MR) is 68.0 cm³/mol. The van der Waals surface area contributed by atoms with Crippen LogP contribution in [-0.4, -0.2) is 21.4 Å². The second-order valence-corrected chi connectivity index (χ2v) is 5.31. The molecule has 4 nitrogen and oxygen atoms in total. The second kappa shape index (κ2) is 4.59. The van der Waals surface area contributed by atoms with Gasteiger partial charge in [0.2, 0.25) is 0 Å². The van der Waals surface area contributed by atoms with Crippen LogP contribution in [0.1, 0.15) is 60.4 Å². The van der Waals surface area contributed by atoms with Gasteiger partial charge in [0, 0.05) is 18.3 Å². The average Bonchev–Trinajstić information content (AvgIpc) is 2.67. The maximum absolute atomic E-state index is 11.3. The highest BCUT2D eigenvalue weighted by molar-refractivity contribution is 5.97. The summed E-state index contributed by atoms with van der Waals surface area (Å²) >= 11 is 0. The van der Waals surface area contributed by atoms with Crippen LogP contribution in [0.5, 0.6) is 0 Å². The van der Waals surface area contributed by atoms with E-state index in [2.05, 4.69) is 6.92 Å². The molecule has 0 atom stereocenters. The zero-order valence-corrected chi connectivity index (χ0v) is 10.9. The van der Waals surface area contributed by atoms with Crippen LogP contribution >= 0.6 is 0 Å². The molecular formula is C14H19NO3. The Morgan fingerprint density at radius 2 is 2.11 bits per heavy atom. The smallest absolute Gasteiger partial charge is 0.352 e. The summed E-state index contributed by atoms with van der Waals surface area (Å²) in [6.07, 6.45) is 6.25. The van der Waals surface area contributed by atoms with E-state index in [1.807, 2.05) is 0 Å². The molecule has 1 fully saturated rings. The van der Waals surface area contributed by atoms with Crippen LogP contribution in [-0.2, 0) is 6.54 Å². The summed E-state index contributed by atoms with van der Waals surface area (Å²) in [7, 11) is 0. The number of rotatable bonds is 5. The van der Waals surface area contributed by atoms with Gasteiger partial charge in [-0.1, -0.05) is 13.3 Å². The van der Waals surface area contributed by atoms with E-state index in [1.165, 1.54) is 19.4 Å². The number of aromatic nitrogens is 1. The number of ketones is 1. The molecule has 0 aromatic carbocycles. The molecule has 0 saturated heterocycles. The van der Waals surface area contributed by atoms with Gasteiger partial charge in [0.05, 0.1) is 0 Å². The lowest BCUT2D eigenvalue weighted by atomic mass is 9.67. The maximum atomic E-state index is 11.3. The Bertz CT molecular complexity index is 478. The van der Waals surface area contributed by atoms with Crippen molar-refractivity contribution in [2.75, 3.05) is 0 Å². The third kappa shape index (κ3) is 2.19. The molecule has 18 heavy (non-hydrogen) atoms. The van der Waals surface area contributed by atoms with Crippen LogP contribution in [0.25, 0.3) is 0 Å². The lowest BCUT2D eigenvalue weighted by Gasteiger charge is -2.41. The highest BCUT2D eigenvalue weighted by Crippen LogP contribution is 2.45. The first-order chi connectivity index (χ1) is 8.47. The lowest BCUT2D eigenvalue weighted by Crippen LogP contribution is -2.34. The second-order valence-electron chi connectivity index (χ2n) is 5.31. The number of carboxylic acids is 1. The Kier molecular flexibility index (Phi) is 3.28. The standard InChI is InChI=1S/C14H19NO3/c1-3-14(5-4-6-14)9-15-8-11(10(2)16)7-12(15)13(17)18/h7-8H,3-6,9H2,1-2H3,(H,17,18). The average molecular weight is 249 g/mol. The van der Waals surface area contributed by atoms with Gasteiger partial charge in [-0.3, -0.25) is 4.79 Å². The van der Waals surface area contributed by atoms with E-state index in [9.17, 15) is 14.7 Å². The van der Waals surface area contributed by atoms with Gasteiger partial charge < -0.3 is 9.67 Å². The Balaban J connectivity index is 2.31. The first-order valence-corrected chi connectivity index (χ1v) is 6.42. The summed E-state index contributed by atoms with van der Waals surface area (Å²) in [5.41, 5.74) is 0.940. The van der Waals surface area contributed by atoms with Gasteiger partial charge in [-0.25, -0.2) is 4.79 Å². The van der Waals surface area contributed by atoms with Crippen molar-refractivity contribution in [3.8, 4) is 0 Å². The summed E-state index contributed by atoms with van der Waals surface area (Å²) in [4.78, 5) is 22.6. The fraction of sp³-hybridized carbons (Fsp3) is 0.571. The largest absolute Gasteiger partial charge is 0.477 e. The van der Waals surface area contributed by atoms with E-state index in [0.717, 1.165) is 19.3 Å². The molecule has 0 unspecified atom stereocenters. The van der Waals surface area contributed by atoms with Gasteiger partial charge in [-0.05, 0) is 37.7 Å². The van der Waals surface area contributed by atoms with Crippen molar-refractivity contribution in [1.82, 2.24) is 4.57 Å². The van der Waals surface area contributed by atoms with Crippen LogP contribution < -0.4 is 0 Å². The van der Waals surface area contributed by atoms with Gasteiger partial charge in [-0.15, -0.1) is 0 Å². The molecule has 0 bridgehead atoms. The van der Waals surface area contributed by atoms with Gasteiger partial charge in [0.15, 0.2) is 5.78 Å². The molecule has 0 spiro atoms. The monoisotopic (exact) mass is 249 g/mol. The summed E-state index contributed by atoms with van der Waals surface area (Å²) in [5.74, 6) is -1.05. The van der Waals surface area contributed by atoms with Crippen molar-refractivity contribution < 1.29 is 14.7 Å². The highest BCUT2D eigenvalue weighted by Gasteiger charge is 2.36. The molecule has 1 N–H and O–H groups in total. The highest BCUT2D eigenvalue weighted by atomic mass is 16.4. The van der Waals surface area contributed by atoms with Crippen LogP contribution in [0.4, 0.5) is 0 Å². The number of nitrogens with zero attached hydrogens (tertiary/aromatic N) is 1. The van der Waals surface area contributed by atoms with Crippen molar-refractivity contribution in [3.63, 3.8) is 0 Å². The fourth-order valence-electron chi connectivity index (χ4n) is 2.67. The van der Waals surface area contributed by atoms with Crippen LogP contribution in [0, 0.1) is 5.41 Å². The van der Waals surface area contributed by atoms with Gasteiger partial charge in [0.1, 0.15) is 5.69 Å². The summed E-state index contributed by atoms with van der Waals surface area (Å²) in [6, 6.07) is 1.48. The molecule has 1 aromatic heterocycles. The number of carbonyl (C=O) groups is 2. The first-order valence-electron chi connectivity index (χ1n) is 6.42. The zero-order valence-electron chi connectivity index (χ0n) is 10.9. The predicted octanol–water partition coefficient (Wildman–Crippen LogP) is 2.97.